The minimum absolute atomic E-state index is 0.0791. The molecule has 0 spiro atoms. The van der Waals surface area contributed by atoms with Gasteiger partial charge in [0.1, 0.15) is 31.0 Å². The number of hydrogen-bond donors (Lipinski definition) is 0. The molecule has 0 aliphatic carbocycles. The number of benzene rings is 3. The Kier molecular flexibility index (Phi) is 9.64. The largest absolute Gasteiger partial charge is 0.463 e. The van der Waals surface area contributed by atoms with E-state index in [4.69, 9.17) is 23.7 Å². The molecule has 1 aliphatic rings. The van der Waals surface area contributed by atoms with E-state index in [9.17, 15) is 4.79 Å². The lowest BCUT2D eigenvalue weighted by Gasteiger charge is -2.45. The van der Waals surface area contributed by atoms with Gasteiger partial charge in [0.15, 0.2) is 0 Å². The molecule has 0 aromatic heterocycles. The minimum Gasteiger partial charge on any atom is -0.463 e. The summed E-state index contributed by atoms with van der Waals surface area (Å²) in [6.07, 6.45) is -2.13. The van der Waals surface area contributed by atoms with Crippen molar-refractivity contribution in [2.45, 2.75) is 64.2 Å². The van der Waals surface area contributed by atoms with Crippen LogP contribution < -0.4 is 0 Å². The quantitative estimate of drug-likeness (QED) is 0.349. The molecule has 4 rings (SSSR count). The second-order valence-corrected chi connectivity index (χ2v) is 8.97. The maximum atomic E-state index is 11.6. The molecule has 5 atom stereocenters. The molecule has 190 valence electrons. The van der Waals surface area contributed by atoms with Crippen molar-refractivity contribution in [1.29, 1.82) is 0 Å². The second-order valence-electron chi connectivity index (χ2n) is 8.97. The zero-order valence-electron chi connectivity index (χ0n) is 20.8. The Hall–Kier alpha value is -3.03. The average molecular weight is 491 g/mol. The fraction of sp³-hybridized carbons (Fsp3) is 0.367. The van der Waals surface area contributed by atoms with E-state index in [-0.39, 0.29) is 24.8 Å². The monoisotopic (exact) mass is 490 g/mol. The van der Waals surface area contributed by atoms with Crippen molar-refractivity contribution in [3.05, 3.63) is 108 Å². The molecular formula is C30H34O6. The van der Waals surface area contributed by atoms with Gasteiger partial charge in [-0.2, -0.15) is 0 Å². The van der Waals surface area contributed by atoms with Crippen LogP contribution in [0.4, 0.5) is 0 Å². The van der Waals surface area contributed by atoms with Gasteiger partial charge in [-0.1, -0.05) is 91.0 Å². The first kappa shape index (κ1) is 26.0. The smallest absolute Gasteiger partial charge is 0.302 e. The Bertz CT molecular complexity index is 1040. The predicted molar refractivity (Wildman–Crippen MR) is 136 cm³/mol. The third-order valence-corrected chi connectivity index (χ3v) is 6.17. The lowest BCUT2D eigenvalue weighted by atomic mass is 9.94. The number of hydrogen-bond acceptors (Lipinski definition) is 6. The topological polar surface area (TPSA) is 63.2 Å². The molecule has 1 fully saturated rings. The molecule has 6 nitrogen and oxygen atoms in total. The van der Waals surface area contributed by atoms with Crippen LogP contribution in [0.25, 0.3) is 0 Å². The van der Waals surface area contributed by atoms with Crippen LogP contribution in [-0.4, -0.2) is 43.1 Å². The van der Waals surface area contributed by atoms with E-state index in [0.717, 1.165) is 16.7 Å². The Morgan fingerprint density at radius 3 is 1.53 bits per heavy atom. The van der Waals surface area contributed by atoms with E-state index in [1.54, 1.807) is 0 Å². The van der Waals surface area contributed by atoms with Crippen molar-refractivity contribution < 1.29 is 28.5 Å². The molecular weight excluding hydrogens is 456 g/mol. The molecule has 3 aromatic rings. The van der Waals surface area contributed by atoms with Crippen LogP contribution in [0.15, 0.2) is 91.0 Å². The first-order valence-corrected chi connectivity index (χ1v) is 12.4. The normalized spacial score (nSPS) is 23.8. The third-order valence-electron chi connectivity index (χ3n) is 6.17. The van der Waals surface area contributed by atoms with Gasteiger partial charge in [-0.25, -0.2) is 0 Å². The predicted octanol–water partition coefficient (Wildman–Crippen LogP) is 5.09. The molecule has 1 heterocycles. The highest BCUT2D eigenvalue weighted by molar-refractivity contribution is 5.65. The lowest BCUT2D eigenvalue weighted by molar-refractivity contribution is -0.267. The number of esters is 1. The summed E-state index contributed by atoms with van der Waals surface area (Å²) in [6.45, 7) is 4.62. The van der Waals surface area contributed by atoms with Crippen LogP contribution in [-0.2, 0) is 48.3 Å². The van der Waals surface area contributed by atoms with E-state index in [1.165, 1.54) is 6.92 Å². The van der Waals surface area contributed by atoms with Gasteiger partial charge >= 0.3 is 5.97 Å². The number of carbonyl (C=O) groups excluding carboxylic acids is 1. The van der Waals surface area contributed by atoms with E-state index in [1.807, 2.05) is 97.9 Å². The van der Waals surface area contributed by atoms with Crippen LogP contribution in [0, 0.1) is 0 Å². The first-order valence-electron chi connectivity index (χ1n) is 12.4. The van der Waals surface area contributed by atoms with Crippen molar-refractivity contribution in [3.8, 4) is 0 Å². The zero-order chi connectivity index (χ0) is 25.2. The van der Waals surface area contributed by atoms with Crippen molar-refractivity contribution in [2.75, 3.05) is 6.61 Å². The summed E-state index contributed by atoms with van der Waals surface area (Å²) in [5.74, 6) is -0.364. The molecule has 0 unspecified atom stereocenters. The molecule has 0 saturated carbocycles. The van der Waals surface area contributed by atoms with Gasteiger partial charge in [-0.05, 0) is 23.6 Å². The fourth-order valence-electron chi connectivity index (χ4n) is 4.35. The van der Waals surface area contributed by atoms with Crippen molar-refractivity contribution >= 4 is 5.97 Å². The molecule has 1 saturated heterocycles. The molecule has 0 N–H and O–H groups in total. The number of ether oxygens (including phenoxy) is 5. The lowest BCUT2D eigenvalue weighted by Crippen LogP contribution is -2.60. The summed E-state index contributed by atoms with van der Waals surface area (Å²) in [5.41, 5.74) is 3.15. The fourth-order valence-corrected chi connectivity index (χ4v) is 4.35. The minimum atomic E-state index is -0.509. The number of carbonyl (C=O) groups is 1. The summed E-state index contributed by atoms with van der Waals surface area (Å²) in [7, 11) is 0. The van der Waals surface area contributed by atoms with Gasteiger partial charge < -0.3 is 23.7 Å². The Labute approximate surface area is 213 Å². The van der Waals surface area contributed by atoms with Gasteiger partial charge in [0.2, 0.25) is 0 Å². The van der Waals surface area contributed by atoms with E-state index in [0.29, 0.717) is 19.8 Å². The van der Waals surface area contributed by atoms with Crippen molar-refractivity contribution in [3.63, 3.8) is 0 Å². The highest BCUT2D eigenvalue weighted by atomic mass is 16.6. The van der Waals surface area contributed by atoms with Crippen LogP contribution in [0.2, 0.25) is 0 Å². The zero-order valence-corrected chi connectivity index (χ0v) is 20.8. The van der Waals surface area contributed by atoms with Crippen LogP contribution in [0.1, 0.15) is 30.5 Å². The third kappa shape index (κ3) is 7.48. The Morgan fingerprint density at radius 1 is 0.667 bits per heavy atom. The molecule has 36 heavy (non-hydrogen) atoms. The summed E-state index contributed by atoms with van der Waals surface area (Å²) in [4.78, 5) is 11.6. The van der Waals surface area contributed by atoms with Crippen LogP contribution in [0.5, 0.6) is 0 Å². The van der Waals surface area contributed by atoms with Crippen molar-refractivity contribution in [1.82, 2.24) is 0 Å². The highest BCUT2D eigenvalue weighted by Crippen LogP contribution is 2.30. The Morgan fingerprint density at radius 2 is 1.08 bits per heavy atom. The molecule has 0 radical (unpaired) electrons. The van der Waals surface area contributed by atoms with Crippen LogP contribution >= 0.6 is 0 Å². The highest BCUT2D eigenvalue weighted by Gasteiger charge is 2.47. The maximum Gasteiger partial charge on any atom is 0.302 e. The summed E-state index contributed by atoms with van der Waals surface area (Å²) < 4.78 is 31.0. The Balaban J connectivity index is 1.57. The van der Waals surface area contributed by atoms with Gasteiger partial charge in [0.25, 0.3) is 0 Å². The molecule has 3 aromatic carbocycles. The molecule has 0 bridgehead atoms. The second kappa shape index (κ2) is 13.3. The van der Waals surface area contributed by atoms with Gasteiger partial charge in [-0.15, -0.1) is 0 Å². The van der Waals surface area contributed by atoms with Crippen molar-refractivity contribution in [2.24, 2.45) is 0 Å². The number of rotatable bonds is 11. The maximum absolute atomic E-state index is 11.6. The van der Waals surface area contributed by atoms with E-state index < -0.39 is 18.3 Å². The average Bonchev–Trinajstić information content (AvgIpc) is 2.91. The summed E-state index contributed by atoms with van der Waals surface area (Å²) >= 11 is 0. The van der Waals surface area contributed by atoms with E-state index in [2.05, 4.69) is 0 Å². The summed E-state index contributed by atoms with van der Waals surface area (Å²) in [5, 5.41) is 0. The van der Waals surface area contributed by atoms with Gasteiger partial charge in [0, 0.05) is 6.92 Å². The summed E-state index contributed by atoms with van der Waals surface area (Å²) in [6, 6.07) is 30.0. The standard InChI is InChI=1S/C30H34O6/c1-22-28(33-18-24-12-6-3-7-13-24)30(35-20-26-16-10-5-11-17-26)29(27(36-22)21-32-23(2)31)34-19-25-14-8-4-9-15-25/h3-17,22,27-30H,18-21H2,1-2H3/t22-,27-,28+,29+,30-/m1/s1. The molecule has 0 amide bonds. The molecule has 6 heteroatoms. The van der Waals surface area contributed by atoms with Crippen LogP contribution in [0.3, 0.4) is 0 Å². The van der Waals surface area contributed by atoms with E-state index >= 15 is 0 Å². The molecule has 1 aliphatic heterocycles. The first-order chi connectivity index (χ1) is 17.6. The van der Waals surface area contributed by atoms with Gasteiger partial charge in [-0.3, -0.25) is 4.79 Å². The van der Waals surface area contributed by atoms with Gasteiger partial charge in [0.05, 0.1) is 25.9 Å². The SMILES string of the molecule is CC(=O)OC[C@H]1O[C@H](C)[C@H](OCc2ccccc2)[C@@H](OCc2ccccc2)[C@H]1OCc1ccccc1.